The fourth-order valence-electron chi connectivity index (χ4n) is 2.51. The third-order valence-electron chi connectivity index (χ3n) is 3.94. The Labute approximate surface area is 146 Å². The van der Waals surface area contributed by atoms with Gasteiger partial charge in [0.05, 0.1) is 31.7 Å². The Hall–Kier alpha value is -2.61. The highest BCUT2D eigenvalue weighted by Gasteiger charge is 2.20. The molecule has 0 spiro atoms. The molecule has 0 atom stereocenters. The molecule has 0 aliphatic carbocycles. The summed E-state index contributed by atoms with van der Waals surface area (Å²) in [4.78, 5) is 27.7. The lowest BCUT2D eigenvalue weighted by molar-refractivity contribution is -0.138. The van der Waals surface area contributed by atoms with E-state index in [4.69, 9.17) is 0 Å². The van der Waals surface area contributed by atoms with Crippen molar-refractivity contribution in [3.63, 3.8) is 0 Å². The molecular weight excluding hydrogens is 329 g/mol. The number of piperazine rings is 1. The van der Waals surface area contributed by atoms with Crippen LogP contribution in [0, 0.1) is 5.82 Å². The Balaban J connectivity index is 2.33. The molecule has 1 heterocycles. The number of carbonyl (C=O) groups is 2. The molecule has 0 aromatic heterocycles. The smallest absolute Gasteiger partial charge is 0.354 e. The SMILES string of the molecule is COC(=O)/C=C(/Nc1cc(F)ccc1N1CCN(C)CC1)C(=O)OC. The third kappa shape index (κ3) is 4.93. The summed E-state index contributed by atoms with van der Waals surface area (Å²) in [6, 6.07) is 4.29. The summed E-state index contributed by atoms with van der Waals surface area (Å²) >= 11 is 0. The molecule has 7 nitrogen and oxygen atoms in total. The number of likely N-dealkylation sites (N-methyl/N-ethyl adjacent to an activating group) is 1. The number of halogens is 1. The van der Waals surface area contributed by atoms with Crippen molar-refractivity contribution in [3.8, 4) is 0 Å². The van der Waals surface area contributed by atoms with Gasteiger partial charge < -0.3 is 24.6 Å². The third-order valence-corrected chi connectivity index (χ3v) is 3.94. The highest BCUT2D eigenvalue weighted by Crippen LogP contribution is 2.29. The fraction of sp³-hybridized carbons (Fsp3) is 0.412. The van der Waals surface area contributed by atoms with Gasteiger partial charge >= 0.3 is 11.9 Å². The van der Waals surface area contributed by atoms with Crippen molar-refractivity contribution in [1.82, 2.24) is 4.90 Å². The van der Waals surface area contributed by atoms with E-state index in [0.29, 0.717) is 5.69 Å². The van der Waals surface area contributed by atoms with E-state index in [-0.39, 0.29) is 5.70 Å². The van der Waals surface area contributed by atoms with Crippen LogP contribution in [0.1, 0.15) is 0 Å². The lowest BCUT2D eigenvalue weighted by Gasteiger charge is -2.35. The molecule has 136 valence electrons. The molecule has 8 heteroatoms. The zero-order chi connectivity index (χ0) is 18.4. The maximum atomic E-state index is 13.7. The summed E-state index contributed by atoms with van der Waals surface area (Å²) in [7, 11) is 4.43. The molecule has 1 aliphatic heterocycles. The van der Waals surface area contributed by atoms with Gasteiger partial charge in [-0.15, -0.1) is 0 Å². The molecule has 1 fully saturated rings. The van der Waals surface area contributed by atoms with Gasteiger partial charge in [0, 0.05) is 26.2 Å². The van der Waals surface area contributed by atoms with Gasteiger partial charge in [-0.05, 0) is 25.2 Å². The predicted octanol–water partition coefficient (Wildman–Crippen LogP) is 1.22. The number of esters is 2. The van der Waals surface area contributed by atoms with Gasteiger partial charge in [-0.3, -0.25) is 0 Å². The Kier molecular flexibility index (Phi) is 6.35. The molecule has 1 N–H and O–H groups in total. The number of anilines is 2. The number of rotatable bonds is 5. The Bertz CT molecular complexity index is 670. The van der Waals surface area contributed by atoms with Crippen LogP contribution >= 0.6 is 0 Å². The van der Waals surface area contributed by atoms with E-state index in [1.54, 1.807) is 6.07 Å². The van der Waals surface area contributed by atoms with E-state index in [2.05, 4.69) is 24.6 Å². The van der Waals surface area contributed by atoms with Crippen LogP contribution in [-0.2, 0) is 19.1 Å². The molecule has 2 rings (SSSR count). The first kappa shape index (κ1) is 18.7. The number of carbonyl (C=O) groups excluding carboxylic acids is 2. The lowest BCUT2D eigenvalue weighted by atomic mass is 10.2. The summed E-state index contributed by atoms with van der Waals surface area (Å²) in [6.45, 7) is 3.29. The number of benzene rings is 1. The largest absolute Gasteiger partial charge is 0.466 e. The lowest BCUT2D eigenvalue weighted by Crippen LogP contribution is -2.44. The average molecular weight is 351 g/mol. The van der Waals surface area contributed by atoms with Crippen molar-refractivity contribution in [1.29, 1.82) is 0 Å². The van der Waals surface area contributed by atoms with E-state index < -0.39 is 17.8 Å². The number of nitrogens with zero attached hydrogens (tertiary/aromatic N) is 2. The maximum Gasteiger partial charge on any atom is 0.354 e. The predicted molar refractivity (Wildman–Crippen MR) is 91.8 cm³/mol. The molecule has 25 heavy (non-hydrogen) atoms. The van der Waals surface area contributed by atoms with Gasteiger partial charge in [-0.25, -0.2) is 14.0 Å². The van der Waals surface area contributed by atoms with Crippen molar-refractivity contribution in [2.45, 2.75) is 0 Å². The zero-order valence-electron chi connectivity index (χ0n) is 14.5. The molecule has 1 aliphatic rings. The fourth-order valence-corrected chi connectivity index (χ4v) is 2.51. The van der Waals surface area contributed by atoms with Crippen molar-refractivity contribution in [2.24, 2.45) is 0 Å². The van der Waals surface area contributed by atoms with Crippen LogP contribution in [0.15, 0.2) is 30.0 Å². The van der Waals surface area contributed by atoms with Crippen LogP contribution < -0.4 is 10.2 Å². The average Bonchev–Trinajstić information content (AvgIpc) is 2.61. The first-order chi connectivity index (χ1) is 11.9. The minimum atomic E-state index is -0.751. The van der Waals surface area contributed by atoms with Crippen molar-refractivity contribution in [2.75, 3.05) is 57.7 Å². The second-order valence-electron chi connectivity index (χ2n) is 5.65. The molecule has 1 aromatic carbocycles. The highest BCUT2D eigenvalue weighted by atomic mass is 19.1. The quantitative estimate of drug-likeness (QED) is 0.632. The Morgan fingerprint density at radius 2 is 1.84 bits per heavy atom. The minimum Gasteiger partial charge on any atom is -0.466 e. The number of hydrogen-bond acceptors (Lipinski definition) is 7. The van der Waals surface area contributed by atoms with E-state index in [1.165, 1.54) is 26.4 Å². The van der Waals surface area contributed by atoms with Crippen LogP contribution in [0.4, 0.5) is 15.8 Å². The Morgan fingerprint density at radius 3 is 2.44 bits per heavy atom. The number of ether oxygens (including phenoxy) is 2. The molecule has 0 bridgehead atoms. The number of methoxy groups -OCH3 is 2. The molecule has 0 saturated carbocycles. The highest BCUT2D eigenvalue weighted by molar-refractivity contribution is 5.99. The van der Waals surface area contributed by atoms with E-state index in [0.717, 1.165) is 37.9 Å². The second kappa shape index (κ2) is 8.48. The van der Waals surface area contributed by atoms with E-state index >= 15 is 0 Å². The topological polar surface area (TPSA) is 71.1 Å². The maximum absolute atomic E-state index is 13.7. The molecule has 0 radical (unpaired) electrons. The van der Waals surface area contributed by atoms with E-state index in [1.807, 2.05) is 7.05 Å². The van der Waals surface area contributed by atoms with Gasteiger partial charge in [0.1, 0.15) is 11.5 Å². The zero-order valence-corrected chi connectivity index (χ0v) is 14.5. The molecule has 0 amide bonds. The monoisotopic (exact) mass is 351 g/mol. The van der Waals surface area contributed by atoms with Gasteiger partial charge in [0.2, 0.25) is 0 Å². The Morgan fingerprint density at radius 1 is 1.16 bits per heavy atom. The van der Waals surface area contributed by atoms with Crippen LogP contribution in [-0.4, -0.2) is 64.3 Å². The number of nitrogens with one attached hydrogen (secondary N) is 1. The first-order valence-electron chi connectivity index (χ1n) is 7.82. The van der Waals surface area contributed by atoms with Gasteiger partial charge in [-0.2, -0.15) is 0 Å². The summed E-state index contributed by atoms with van der Waals surface area (Å²) in [5.41, 5.74) is 0.995. The summed E-state index contributed by atoms with van der Waals surface area (Å²) < 4.78 is 23.0. The molecule has 1 saturated heterocycles. The summed E-state index contributed by atoms with van der Waals surface area (Å²) in [6.07, 6.45) is 0.977. The molecule has 1 aromatic rings. The van der Waals surface area contributed by atoms with Crippen LogP contribution in [0.2, 0.25) is 0 Å². The van der Waals surface area contributed by atoms with Crippen LogP contribution in [0.3, 0.4) is 0 Å². The van der Waals surface area contributed by atoms with Gasteiger partial charge in [-0.1, -0.05) is 0 Å². The summed E-state index contributed by atoms with van der Waals surface area (Å²) in [5.74, 6) is -1.92. The van der Waals surface area contributed by atoms with Gasteiger partial charge in [0.15, 0.2) is 0 Å². The molecule has 0 unspecified atom stereocenters. The first-order valence-corrected chi connectivity index (χ1v) is 7.82. The van der Waals surface area contributed by atoms with Crippen LogP contribution in [0.5, 0.6) is 0 Å². The van der Waals surface area contributed by atoms with Crippen molar-refractivity contribution in [3.05, 3.63) is 35.8 Å². The van der Waals surface area contributed by atoms with Crippen molar-refractivity contribution >= 4 is 23.3 Å². The standard InChI is InChI=1S/C17H22FN3O4/c1-20-6-8-21(9-7-20)15-5-4-12(18)10-13(15)19-14(17(23)25-3)11-16(22)24-2/h4-5,10-11,19H,6-9H2,1-3H3/b14-11+. The normalized spacial score (nSPS) is 15.7. The number of hydrogen-bond donors (Lipinski definition) is 1. The van der Waals surface area contributed by atoms with Crippen molar-refractivity contribution < 1.29 is 23.5 Å². The molecular formula is C17H22FN3O4. The van der Waals surface area contributed by atoms with Gasteiger partial charge in [0.25, 0.3) is 0 Å². The second-order valence-corrected chi connectivity index (χ2v) is 5.65. The summed E-state index contributed by atoms with van der Waals surface area (Å²) in [5, 5.41) is 2.80. The van der Waals surface area contributed by atoms with E-state index in [9.17, 15) is 14.0 Å². The minimum absolute atomic E-state index is 0.129. The van der Waals surface area contributed by atoms with Crippen LogP contribution in [0.25, 0.3) is 0 Å².